The highest BCUT2D eigenvalue weighted by Crippen LogP contribution is 2.18. The summed E-state index contributed by atoms with van der Waals surface area (Å²) < 4.78 is 0. The summed E-state index contributed by atoms with van der Waals surface area (Å²) in [5.41, 5.74) is 0. The highest BCUT2D eigenvalue weighted by molar-refractivity contribution is 7.09. The van der Waals surface area contributed by atoms with Crippen LogP contribution < -0.4 is 5.32 Å². The van der Waals surface area contributed by atoms with E-state index in [9.17, 15) is 4.79 Å². The average molecular weight is 238 g/mol. The van der Waals surface area contributed by atoms with Gasteiger partial charge >= 0.3 is 0 Å². The molecule has 0 saturated carbocycles. The fourth-order valence-electron chi connectivity index (χ4n) is 1.23. The number of thiazole rings is 1. The number of aromatic amines is 1. The fourth-order valence-corrected chi connectivity index (χ4v) is 2.00. The number of aromatic nitrogens is 5. The maximum atomic E-state index is 11.7. The van der Waals surface area contributed by atoms with Gasteiger partial charge in [-0.1, -0.05) is 6.92 Å². The van der Waals surface area contributed by atoms with Crippen LogP contribution in [0.5, 0.6) is 0 Å². The van der Waals surface area contributed by atoms with Gasteiger partial charge in [-0.3, -0.25) is 4.79 Å². The maximum Gasteiger partial charge on any atom is 0.293 e. The lowest BCUT2D eigenvalue weighted by molar-refractivity contribution is 0.0925. The zero-order valence-electron chi connectivity index (χ0n) is 8.54. The lowest BCUT2D eigenvalue weighted by Gasteiger charge is -2.12. The number of nitrogens with zero attached hydrogens (tertiary/aromatic N) is 4. The minimum absolute atomic E-state index is 0.0370. The number of carbonyl (C=O) groups excluding carboxylic acids is 1. The van der Waals surface area contributed by atoms with Crippen LogP contribution in [0.25, 0.3) is 0 Å². The molecule has 84 valence electrons. The van der Waals surface area contributed by atoms with Gasteiger partial charge in [0.1, 0.15) is 5.01 Å². The van der Waals surface area contributed by atoms with Crippen LogP contribution in [0.1, 0.15) is 35.0 Å². The molecule has 2 rings (SSSR count). The van der Waals surface area contributed by atoms with Gasteiger partial charge in [-0.2, -0.15) is 5.21 Å². The van der Waals surface area contributed by atoms with E-state index in [1.54, 1.807) is 6.20 Å². The first kappa shape index (κ1) is 10.7. The van der Waals surface area contributed by atoms with Crippen molar-refractivity contribution >= 4 is 17.2 Å². The van der Waals surface area contributed by atoms with E-state index in [0.717, 1.165) is 11.4 Å². The molecule has 7 nitrogen and oxygen atoms in total. The molecule has 8 heteroatoms. The van der Waals surface area contributed by atoms with Crippen LogP contribution in [-0.4, -0.2) is 31.5 Å². The van der Waals surface area contributed by atoms with Crippen molar-refractivity contribution in [1.82, 2.24) is 30.9 Å². The van der Waals surface area contributed by atoms with Crippen LogP contribution in [0.3, 0.4) is 0 Å². The van der Waals surface area contributed by atoms with Crippen molar-refractivity contribution in [3.63, 3.8) is 0 Å². The van der Waals surface area contributed by atoms with Crippen LogP contribution in [0, 0.1) is 0 Å². The first-order valence-corrected chi connectivity index (χ1v) is 5.63. The first-order valence-electron chi connectivity index (χ1n) is 4.75. The predicted octanol–water partition coefficient (Wildman–Crippen LogP) is 0.537. The van der Waals surface area contributed by atoms with Gasteiger partial charge in [0.25, 0.3) is 11.7 Å². The van der Waals surface area contributed by atoms with E-state index in [4.69, 9.17) is 0 Å². The highest BCUT2D eigenvalue weighted by Gasteiger charge is 2.18. The smallest absolute Gasteiger partial charge is 0.293 e. The van der Waals surface area contributed by atoms with E-state index in [1.165, 1.54) is 11.3 Å². The Morgan fingerprint density at radius 2 is 2.56 bits per heavy atom. The Morgan fingerprint density at radius 3 is 3.12 bits per heavy atom. The zero-order valence-corrected chi connectivity index (χ0v) is 9.36. The summed E-state index contributed by atoms with van der Waals surface area (Å²) in [4.78, 5) is 15.8. The molecule has 0 aliphatic heterocycles. The standard InChI is InChI=1S/C8H10N6OS/c1-2-5(8-9-3-4-16-8)10-7(15)6-11-13-14-12-6/h3-5H,2H2,1H3,(H,10,15)(H,11,12,13,14). The van der Waals surface area contributed by atoms with Crippen molar-refractivity contribution in [3.05, 3.63) is 22.4 Å². The Bertz CT molecular complexity index is 439. The molecule has 0 aliphatic rings. The van der Waals surface area contributed by atoms with Crippen molar-refractivity contribution in [2.75, 3.05) is 0 Å². The third-order valence-corrected chi connectivity index (χ3v) is 2.90. The number of hydrogen-bond acceptors (Lipinski definition) is 6. The Balaban J connectivity index is 2.05. The van der Waals surface area contributed by atoms with Crippen molar-refractivity contribution in [2.45, 2.75) is 19.4 Å². The van der Waals surface area contributed by atoms with Gasteiger partial charge in [-0.05, 0) is 11.6 Å². The Kier molecular flexibility index (Phi) is 3.20. The van der Waals surface area contributed by atoms with Crippen LogP contribution in [-0.2, 0) is 0 Å². The summed E-state index contributed by atoms with van der Waals surface area (Å²) in [7, 11) is 0. The van der Waals surface area contributed by atoms with Gasteiger partial charge in [0.15, 0.2) is 0 Å². The second kappa shape index (κ2) is 4.79. The molecule has 0 fully saturated rings. The summed E-state index contributed by atoms with van der Waals surface area (Å²) in [5.74, 6) is -0.314. The summed E-state index contributed by atoms with van der Waals surface area (Å²) >= 11 is 1.50. The van der Waals surface area contributed by atoms with Crippen molar-refractivity contribution in [1.29, 1.82) is 0 Å². The molecule has 2 aromatic rings. The minimum atomic E-state index is -0.351. The molecule has 16 heavy (non-hydrogen) atoms. The molecule has 0 saturated heterocycles. The highest BCUT2D eigenvalue weighted by atomic mass is 32.1. The second-order valence-corrected chi connectivity index (χ2v) is 3.97. The molecule has 0 radical (unpaired) electrons. The van der Waals surface area contributed by atoms with Gasteiger partial charge in [-0.15, -0.1) is 21.5 Å². The third-order valence-electron chi connectivity index (χ3n) is 2.01. The van der Waals surface area contributed by atoms with E-state index in [-0.39, 0.29) is 17.8 Å². The third kappa shape index (κ3) is 2.22. The number of amides is 1. The molecular formula is C8H10N6OS. The molecule has 0 spiro atoms. The van der Waals surface area contributed by atoms with Gasteiger partial charge in [-0.25, -0.2) is 4.98 Å². The molecule has 2 N–H and O–H groups in total. The lowest BCUT2D eigenvalue weighted by Crippen LogP contribution is -2.29. The average Bonchev–Trinajstić information content (AvgIpc) is 2.96. The maximum absolute atomic E-state index is 11.7. The number of carbonyl (C=O) groups is 1. The minimum Gasteiger partial charge on any atom is -0.340 e. The summed E-state index contributed by atoms with van der Waals surface area (Å²) in [6.45, 7) is 1.97. The SMILES string of the molecule is CCC(NC(=O)c1nn[nH]n1)c1nccs1. The number of hydrogen-bond donors (Lipinski definition) is 2. The summed E-state index contributed by atoms with van der Waals surface area (Å²) in [5, 5.41) is 18.3. The second-order valence-electron chi connectivity index (χ2n) is 3.04. The summed E-state index contributed by atoms with van der Waals surface area (Å²) in [6.07, 6.45) is 2.47. The molecule has 1 atom stereocenters. The van der Waals surface area contributed by atoms with Gasteiger partial charge in [0, 0.05) is 11.6 Å². The Labute approximate surface area is 95.3 Å². The Morgan fingerprint density at radius 1 is 1.69 bits per heavy atom. The molecule has 0 aliphatic carbocycles. The van der Waals surface area contributed by atoms with Crippen molar-refractivity contribution in [3.8, 4) is 0 Å². The van der Waals surface area contributed by atoms with E-state index in [0.29, 0.717) is 0 Å². The molecule has 1 unspecified atom stereocenters. The van der Waals surface area contributed by atoms with Gasteiger partial charge < -0.3 is 5.32 Å². The number of rotatable bonds is 4. The van der Waals surface area contributed by atoms with E-state index in [1.807, 2.05) is 12.3 Å². The normalized spacial score (nSPS) is 12.3. The van der Waals surface area contributed by atoms with Crippen molar-refractivity contribution < 1.29 is 4.79 Å². The molecular weight excluding hydrogens is 228 g/mol. The summed E-state index contributed by atoms with van der Waals surface area (Å²) in [6, 6.07) is -0.106. The lowest BCUT2D eigenvalue weighted by atomic mass is 10.2. The fraction of sp³-hybridized carbons (Fsp3) is 0.375. The number of tetrazole rings is 1. The van der Waals surface area contributed by atoms with E-state index < -0.39 is 0 Å². The van der Waals surface area contributed by atoms with Crippen molar-refractivity contribution in [2.24, 2.45) is 0 Å². The molecule has 2 heterocycles. The van der Waals surface area contributed by atoms with Crippen LogP contribution in [0.15, 0.2) is 11.6 Å². The van der Waals surface area contributed by atoms with E-state index >= 15 is 0 Å². The topological polar surface area (TPSA) is 96.5 Å². The van der Waals surface area contributed by atoms with E-state index in [2.05, 4.69) is 30.9 Å². The number of H-pyrrole nitrogens is 1. The predicted molar refractivity (Wildman–Crippen MR) is 56.8 cm³/mol. The van der Waals surface area contributed by atoms with Gasteiger partial charge in [0.2, 0.25) is 0 Å². The van der Waals surface area contributed by atoms with Crippen LogP contribution in [0.4, 0.5) is 0 Å². The zero-order chi connectivity index (χ0) is 11.4. The quantitative estimate of drug-likeness (QED) is 0.810. The molecule has 0 aromatic carbocycles. The molecule has 2 aromatic heterocycles. The largest absolute Gasteiger partial charge is 0.340 e. The van der Waals surface area contributed by atoms with Gasteiger partial charge in [0.05, 0.1) is 6.04 Å². The Hall–Kier alpha value is -1.83. The monoisotopic (exact) mass is 238 g/mol. The van der Waals surface area contributed by atoms with Crippen LogP contribution >= 0.6 is 11.3 Å². The van der Waals surface area contributed by atoms with Crippen LogP contribution in [0.2, 0.25) is 0 Å². The molecule has 0 bridgehead atoms. The first-order chi connectivity index (χ1) is 7.81. The number of nitrogens with one attached hydrogen (secondary N) is 2. The molecule has 1 amide bonds.